The maximum absolute atomic E-state index is 12.0. The second kappa shape index (κ2) is 7.89. The lowest BCUT2D eigenvalue weighted by Crippen LogP contribution is -2.21. The summed E-state index contributed by atoms with van der Waals surface area (Å²) in [7, 11) is 0. The molecule has 1 amide bonds. The number of rotatable bonds is 5. The third kappa shape index (κ3) is 4.87. The fourth-order valence-electron chi connectivity index (χ4n) is 2.02. The van der Waals surface area contributed by atoms with Gasteiger partial charge >= 0.3 is 5.97 Å². The van der Waals surface area contributed by atoms with Crippen LogP contribution in [-0.4, -0.2) is 23.4 Å². The summed E-state index contributed by atoms with van der Waals surface area (Å²) >= 11 is 3.36. The molecule has 0 aliphatic heterocycles. The highest BCUT2D eigenvalue weighted by atomic mass is 79.9. The molecule has 0 aliphatic carbocycles. The minimum absolute atomic E-state index is 0.0168. The Morgan fingerprint density at radius 2 is 1.84 bits per heavy atom. The third-order valence-electron chi connectivity index (χ3n) is 3.43. The van der Waals surface area contributed by atoms with Crippen LogP contribution in [0.5, 0.6) is 0 Å². The second-order valence-electron chi connectivity index (χ2n) is 5.35. The van der Waals surface area contributed by atoms with E-state index in [0.717, 1.165) is 16.1 Å². The fourth-order valence-corrected chi connectivity index (χ4v) is 2.39. The molecule has 0 fully saturated rings. The molecule has 0 heterocycles. The zero-order valence-electron chi connectivity index (χ0n) is 13.5. The number of hydrogen-bond acceptors (Lipinski definition) is 5. The minimum Gasteiger partial charge on any atom is -0.452 e. The van der Waals surface area contributed by atoms with E-state index >= 15 is 0 Å². The molecule has 25 heavy (non-hydrogen) atoms. The zero-order chi connectivity index (χ0) is 18.6. The number of hydrogen-bond donors (Lipinski definition) is 1. The SMILES string of the molecule is Cc1ccc(NC(=O)COC(=O)c2ccc(C)c([N+](=O)[O-])c2)cc1Br. The molecule has 130 valence electrons. The Morgan fingerprint density at radius 1 is 1.16 bits per heavy atom. The maximum Gasteiger partial charge on any atom is 0.338 e. The van der Waals surface area contributed by atoms with Gasteiger partial charge in [0.1, 0.15) is 0 Å². The lowest BCUT2D eigenvalue weighted by atomic mass is 10.1. The van der Waals surface area contributed by atoms with Crippen LogP contribution in [0.1, 0.15) is 21.5 Å². The molecule has 0 saturated carbocycles. The summed E-state index contributed by atoms with van der Waals surface area (Å²) in [5.74, 6) is -1.31. The molecule has 2 aromatic carbocycles. The van der Waals surface area contributed by atoms with Gasteiger partial charge in [0.05, 0.1) is 10.5 Å². The number of nitrogens with one attached hydrogen (secondary N) is 1. The van der Waals surface area contributed by atoms with Crippen molar-refractivity contribution in [2.45, 2.75) is 13.8 Å². The average Bonchev–Trinajstić information content (AvgIpc) is 2.56. The van der Waals surface area contributed by atoms with Gasteiger partial charge in [-0.15, -0.1) is 0 Å². The van der Waals surface area contributed by atoms with E-state index in [-0.39, 0.29) is 11.3 Å². The molecule has 0 bridgehead atoms. The number of aryl methyl sites for hydroxylation is 2. The monoisotopic (exact) mass is 406 g/mol. The molecular weight excluding hydrogens is 392 g/mol. The molecule has 0 unspecified atom stereocenters. The van der Waals surface area contributed by atoms with Crippen molar-refractivity contribution in [1.29, 1.82) is 0 Å². The quantitative estimate of drug-likeness (QED) is 0.462. The number of amides is 1. The lowest BCUT2D eigenvalue weighted by molar-refractivity contribution is -0.385. The molecule has 0 aliphatic rings. The molecule has 8 heteroatoms. The van der Waals surface area contributed by atoms with E-state index in [1.54, 1.807) is 19.1 Å². The molecule has 0 saturated heterocycles. The molecule has 1 N–H and O–H groups in total. The van der Waals surface area contributed by atoms with Gasteiger partial charge in [-0.05, 0) is 37.6 Å². The summed E-state index contributed by atoms with van der Waals surface area (Å²) < 4.78 is 5.75. The maximum atomic E-state index is 12.0. The van der Waals surface area contributed by atoms with Gasteiger partial charge in [-0.3, -0.25) is 14.9 Å². The Morgan fingerprint density at radius 3 is 2.48 bits per heavy atom. The Bertz CT molecular complexity index is 851. The lowest BCUT2D eigenvalue weighted by Gasteiger charge is -2.08. The summed E-state index contributed by atoms with van der Waals surface area (Å²) in [6.45, 7) is 2.99. The van der Waals surface area contributed by atoms with E-state index in [9.17, 15) is 19.7 Å². The van der Waals surface area contributed by atoms with Crippen molar-refractivity contribution < 1.29 is 19.2 Å². The molecule has 0 aromatic heterocycles. The Balaban J connectivity index is 1.97. The van der Waals surface area contributed by atoms with Crippen LogP contribution >= 0.6 is 15.9 Å². The van der Waals surface area contributed by atoms with Crippen LogP contribution in [0, 0.1) is 24.0 Å². The highest BCUT2D eigenvalue weighted by Gasteiger charge is 2.17. The number of halogens is 1. The Kier molecular flexibility index (Phi) is 5.87. The normalized spacial score (nSPS) is 10.2. The van der Waals surface area contributed by atoms with Crippen molar-refractivity contribution in [2.24, 2.45) is 0 Å². The van der Waals surface area contributed by atoms with E-state index in [0.29, 0.717) is 11.3 Å². The first-order valence-electron chi connectivity index (χ1n) is 7.26. The van der Waals surface area contributed by atoms with Gasteiger partial charge in [-0.25, -0.2) is 4.79 Å². The Hall–Kier alpha value is -2.74. The number of nitrogens with zero attached hydrogens (tertiary/aromatic N) is 1. The largest absolute Gasteiger partial charge is 0.452 e. The molecule has 0 radical (unpaired) electrons. The van der Waals surface area contributed by atoms with Gasteiger partial charge in [-0.1, -0.05) is 28.1 Å². The van der Waals surface area contributed by atoms with Crippen molar-refractivity contribution in [3.05, 3.63) is 67.7 Å². The molecule has 0 spiro atoms. The smallest absolute Gasteiger partial charge is 0.338 e. The number of benzene rings is 2. The topological polar surface area (TPSA) is 98.5 Å². The zero-order valence-corrected chi connectivity index (χ0v) is 15.1. The molecular formula is C17H15BrN2O5. The summed E-state index contributed by atoms with van der Waals surface area (Å²) in [5, 5.41) is 13.5. The molecule has 2 rings (SSSR count). The first-order valence-corrected chi connectivity index (χ1v) is 8.05. The van der Waals surface area contributed by atoms with E-state index in [4.69, 9.17) is 4.74 Å². The van der Waals surface area contributed by atoms with Crippen molar-refractivity contribution in [1.82, 2.24) is 0 Å². The highest BCUT2D eigenvalue weighted by Crippen LogP contribution is 2.21. The number of anilines is 1. The van der Waals surface area contributed by atoms with Crippen LogP contribution in [-0.2, 0) is 9.53 Å². The number of nitro benzene ring substituents is 1. The van der Waals surface area contributed by atoms with Crippen LogP contribution in [0.4, 0.5) is 11.4 Å². The minimum atomic E-state index is -0.802. The van der Waals surface area contributed by atoms with Crippen LogP contribution in [0.15, 0.2) is 40.9 Å². The number of nitro groups is 1. The summed E-state index contributed by atoms with van der Waals surface area (Å²) in [6.07, 6.45) is 0. The van der Waals surface area contributed by atoms with Gasteiger partial charge in [0, 0.05) is 21.8 Å². The predicted molar refractivity (Wildman–Crippen MR) is 95.6 cm³/mol. The first kappa shape index (κ1) is 18.6. The second-order valence-corrected chi connectivity index (χ2v) is 6.20. The van der Waals surface area contributed by atoms with E-state index in [1.807, 2.05) is 13.0 Å². The van der Waals surface area contributed by atoms with Gasteiger partial charge in [0.2, 0.25) is 0 Å². The van der Waals surface area contributed by atoms with E-state index in [2.05, 4.69) is 21.2 Å². The highest BCUT2D eigenvalue weighted by molar-refractivity contribution is 9.10. The molecule has 7 nitrogen and oxygen atoms in total. The standard InChI is InChI=1S/C17H15BrN2O5/c1-10-4-6-13(8-14(10)18)19-16(21)9-25-17(22)12-5-3-11(2)15(7-12)20(23)24/h3-8H,9H2,1-2H3,(H,19,21). The molecule has 2 aromatic rings. The van der Waals surface area contributed by atoms with E-state index < -0.39 is 23.4 Å². The van der Waals surface area contributed by atoms with Gasteiger partial charge in [-0.2, -0.15) is 0 Å². The number of esters is 1. The fraction of sp³-hybridized carbons (Fsp3) is 0.176. The van der Waals surface area contributed by atoms with Crippen molar-refractivity contribution in [3.63, 3.8) is 0 Å². The first-order chi connectivity index (χ1) is 11.8. The van der Waals surface area contributed by atoms with Crippen LogP contribution in [0.3, 0.4) is 0 Å². The summed E-state index contributed by atoms with van der Waals surface area (Å²) in [4.78, 5) is 34.1. The van der Waals surface area contributed by atoms with Gasteiger partial charge in [0.25, 0.3) is 11.6 Å². The summed E-state index contributed by atoms with van der Waals surface area (Å²) in [5.41, 5.74) is 1.85. The number of carbonyl (C=O) groups excluding carboxylic acids is 2. The Labute approximate surface area is 152 Å². The third-order valence-corrected chi connectivity index (χ3v) is 4.29. The van der Waals surface area contributed by atoms with Gasteiger partial charge < -0.3 is 10.1 Å². The van der Waals surface area contributed by atoms with Crippen LogP contribution in [0.25, 0.3) is 0 Å². The van der Waals surface area contributed by atoms with Crippen molar-refractivity contribution >= 4 is 39.2 Å². The van der Waals surface area contributed by atoms with Crippen molar-refractivity contribution in [2.75, 3.05) is 11.9 Å². The number of carbonyl (C=O) groups is 2. The average molecular weight is 407 g/mol. The molecule has 0 atom stereocenters. The summed E-state index contributed by atoms with van der Waals surface area (Å²) in [6, 6.07) is 9.30. The van der Waals surface area contributed by atoms with Crippen LogP contribution in [0.2, 0.25) is 0 Å². The predicted octanol–water partition coefficient (Wildman–Crippen LogP) is 3.77. The van der Waals surface area contributed by atoms with Gasteiger partial charge in [0.15, 0.2) is 6.61 Å². The van der Waals surface area contributed by atoms with Crippen molar-refractivity contribution in [3.8, 4) is 0 Å². The van der Waals surface area contributed by atoms with E-state index in [1.165, 1.54) is 12.1 Å². The number of ether oxygens (including phenoxy) is 1. The van der Waals surface area contributed by atoms with Crippen LogP contribution < -0.4 is 5.32 Å².